The van der Waals surface area contributed by atoms with Gasteiger partial charge in [0.1, 0.15) is 0 Å². The number of amides is 1. The van der Waals surface area contributed by atoms with Gasteiger partial charge < -0.3 is 14.7 Å². The van der Waals surface area contributed by atoms with Crippen LogP contribution in [0.25, 0.3) is 0 Å². The second-order valence-corrected chi connectivity index (χ2v) is 9.16. The Balaban J connectivity index is 1.62. The molecule has 0 aromatic heterocycles. The molecular weight excluding hydrogens is 488 g/mol. The number of aliphatic hydroxyl groups excluding tert-OH is 1. The van der Waals surface area contributed by atoms with Crippen molar-refractivity contribution in [1.29, 1.82) is 0 Å². The Morgan fingerprint density at radius 1 is 0.970 bits per heavy atom. The van der Waals surface area contributed by atoms with Crippen LogP contribution in [-0.4, -0.2) is 35.1 Å². The Kier molecular flexibility index (Phi) is 7.45. The van der Waals surface area contributed by atoms with E-state index in [4.69, 9.17) is 39.5 Å². The molecule has 0 radical (unpaired) electrons. The summed E-state index contributed by atoms with van der Waals surface area (Å²) >= 11 is 18.5. The first-order chi connectivity index (χ1) is 15.8. The number of likely N-dealkylation sites (tertiary alicyclic amines) is 1. The van der Waals surface area contributed by atoms with Gasteiger partial charge in [-0.15, -0.1) is 0 Å². The summed E-state index contributed by atoms with van der Waals surface area (Å²) < 4.78 is 21.1. The molecule has 1 aliphatic heterocycles. The summed E-state index contributed by atoms with van der Waals surface area (Å²) in [5.74, 6) is -0.962. The summed E-state index contributed by atoms with van der Waals surface area (Å²) in [6.07, 6.45) is -0.0993. The fourth-order valence-corrected chi connectivity index (χ4v) is 4.40. The fraction of sp³-hybridized carbons (Fsp3) is 0.240. The number of piperidine rings is 1. The van der Waals surface area contributed by atoms with Gasteiger partial charge >= 0.3 is 0 Å². The van der Waals surface area contributed by atoms with Gasteiger partial charge in [-0.05, 0) is 60.9 Å². The standard InChI is InChI=1S/C25H21Cl3FNO3/c26-17-4-1-15(2-5-17)24(20-7-6-18(27)14-21(20)28)33-23-8-3-16(13-22(23)29)25(32)30-11-9-19(31)10-12-30/h1-8,13-14,19,24,31H,9-12H2. The fourth-order valence-electron chi connectivity index (χ4n) is 3.77. The third-order valence-electron chi connectivity index (χ3n) is 5.59. The predicted octanol–water partition coefficient (Wildman–Crippen LogP) is 6.55. The molecule has 1 unspecified atom stereocenters. The molecule has 172 valence electrons. The molecule has 33 heavy (non-hydrogen) atoms. The van der Waals surface area contributed by atoms with Crippen molar-refractivity contribution in [2.24, 2.45) is 0 Å². The zero-order valence-corrected chi connectivity index (χ0v) is 19.7. The molecule has 1 saturated heterocycles. The minimum Gasteiger partial charge on any atom is -0.478 e. The molecule has 1 atom stereocenters. The van der Waals surface area contributed by atoms with Gasteiger partial charge in [0.25, 0.3) is 5.91 Å². The number of hydrogen-bond donors (Lipinski definition) is 1. The molecule has 0 spiro atoms. The Labute approximate surface area is 206 Å². The normalized spacial score (nSPS) is 15.4. The number of carbonyl (C=O) groups excluding carboxylic acids is 1. The highest BCUT2D eigenvalue weighted by molar-refractivity contribution is 6.35. The molecule has 1 N–H and O–H groups in total. The van der Waals surface area contributed by atoms with Crippen LogP contribution in [0.2, 0.25) is 15.1 Å². The summed E-state index contributed by atoms with van der Waals surface area (Å²) in [7, 11) is 0. The van der Waals surface area contributed by atoms with E-state index >= 15 is 4.39 Å². The number of rotatable bonds is 5. The summed E-state index contributed by atoms with van der Waals surface area (Å²) in [6, 6.07) is 16.1. The Bertz CT molecular complexity index is 1150. The average molecular weight is 509 g/mol. The van der Waals surface area contributed by atoms with Crippen molar-refractivity contribution in [3.63, 3.8) is 0 Å². The van der Waals surface area contributed by atoms with Crippen molar-refractivity contribution in [2.75, 3.05) is 13.1 Å². The van der Waals surface area contributed by atoms with Crippen LogP contribution < -0.4 is 4.74 Å². The van der Waals surface area contributed by atoms with Crippen molar-refractivity contribution >= 4 is 40.7 Å². The van der Waals surface area contributed by atoms with Gasteiger partial charge in [-0.3, -0.25) is 4.79 Å². The lowest BCUT2D eigenvalue weighted by Crippen LogP contribution is -2.40. The molecule has 4 rings (SSSR count). The van der Waals surface area contributed by atoms with Gasteiger partial charge in [-0.2, -0.15) is 0 Å². The van der Waals surface area contributed by atoms with E-state index in [0.717, 1.165) is 5.56 Å². The second-order valence-electron chi connectivity index (χ2n) is 7.88. The minimum absolute atomic E-state index is 0.0217. The Hall–Kier alpha value is -2.31. The SMILES string of the molecule is O=C(c1ccc(OC(c2ccc(Cl)cc2)c2ccc(Cl)cc2Cl)c(F)c1)N1CCC(O)CC1. The van der Waals surface area contributed by atoms with E-state index in [1.165, 1.54) is 18.2 Å². The number of carbonyl (C=O) groups is 1. The van der Waals surface area contributed by atoms with E-state index in [9.17, 15) is 9.90 Å². The van der Waals surface area contributed by atoms with E-state index in [1.807, 2.05) is 0 Å². The topological polar surface area (TPSA) is 49.8 Å². The smallest absolute Gasteiger partial charge is 0.253 e. The van der Waals surface area contributed by atoms with Crippen molar-refractivity contribution in [2.45, 2.75) is 25.0 Å². The lowest BCUT2D eigenvalue weighted by Gasteiger charge is -2.29. The molecule has 1 amide bonds. The molecule has 3 aromatic carbocycles. The maximum atomic E-state index is 15.0. The van der Waals surface area contributed by atoms with Crippen LogP contribution in [0.15, 0.2) is 60.7 Å². The monoisotopic (exact) mass is 507 g/mol. The molecule has 8 heteroatoms. The van der Waals surface area contributed by atoms with E-state index in [2.05, 4.69) is 0 Å². The molecule has 4 nitrogen and oxygen atoms in total. The molecule has 1 heterocycles. The van der Waals surface area contributed by atoms with Crippen LogP contribution in [0.5, 0.6) is 5.75 Å². The lowest BCUT2D eigenvalue weighted by atomic mass is 10.0. The van der Waals surface area contributed by atoms with Gasteiger partial charge in [-0.25, -0.2) is 4.39 Å². The van der Waals surface area contributed by atoms with Gasteiger partial charge in [0.05, 0.1) is 6.10 Å². The highest BCUT2D eigenvalue weighted by Gasteiger charge is 2.25. The maximum absolute atomic E-state index is 15.0. The van der Waals surface area contributed by atoms with Crippen molar-refractivity contribution < 1.29 is 19.0 Å². The van der Waals surface area contributed by atoms with Gasteiger partial charge in [0.2, 0.25) is 0 Å². The predicted molar refractivity (Wildman–Crippen MR) is 128 cm³/mol. The van der Waals surface area contributed by atoms with E-state index in [0.29, 0.717) is 46.6 Å². The first-order valence-electron chi connectivity index (χ1n) is 10.5. The van der Waals surface area contributed by atoms with Gasteiger partial charge in [0.15, 0.2) is 17.7 Å². The Morgan fingerprint density at radius 2 is 1.64 bits per heavy atom. The molecule has 3 aromatic rings. The summed E-state index contributed by atoms with van der Waals surface area (Å²) in [5.41, 5.74) is 1.55. The number of nitrogens with zero attached hydrogens (tertiary/aromatic N) is 1. The van der Waals surface area contributed by atoms with Crippen LogP contribution in [0.1, 0.15) is 40.4 Å². The lowest BCUT2D eigenvalue weighted by molar-refractivity contribution is 0.0546. The van der Waals surface area contributed by atoms with Gasteiger partial charge in [0, 0.05) is 39.3 Å². The number of benzene rings is 3. The summed E-state index contributed by atoms with van der Waals surface area (Å²) in [5, 5.41) is 11.0. The van der Waals surface area contributed by atoms with Crippen LogP contribution in [0.3, 0.4) is 0 Å². The zero-order valence-electron chi connectivity index (χ0n) is 17.5. The highest BCUT2D eigenvalue weighted by atomic mass is 35.5. The first-order valence-corrected chi connectivity index (χ1v) is 11.6. The molecule has 0 bridgehead atoms. The number of ether oxygens (including phenoxy) is 1. The first kappa shape index (κ1) is 23.8. The second kappa shape index (κ2) is 10.3. The Morgan fingerprint density at radius 3 is 2.27 bits per heavy atom. The summed E-state index contributed by atoms with van der Waals surface area (Å²) in [6.45, 7) is 0.876. The summed E-state index contributed by atoms with van der Waals surface area (Å²) in [4.78, 5) is 14.4. The highest BCUT2D eigenvalue weighted by Crippen LogP contribution is 2.35. The number of halogens is 4. The van der Waals surface area contributed by atoms with Crippen LogP contribution in [0, 0.1) is 5.82 Å². The van der Waals surface area contributed by atoms with E-state index in [1.54, 1.807) is 47.4 Å². The van der Waals surface area contributed by atoms with Crippen LogP contribution in [0.4, 0.5) is 4.39 Å². The molecule has 1 aliphatic rings. The number of aliphatic hydroxyl groups is 1. The van der Waals surface area contributed by atoms with E-state index < -0.39 is 18.0 Å². The van der Waals surface area contributed by atoms with Crippen molar-refractivity contribution in [3.8, 4) is 5.75 Å². The quantitative estimate of drug-likeness (QED) is 0.425. The van der Waals surface area contributed by atoms with Crippen LogP contribution in [-0.2, 0) is 0 Å². The molecular formula is C25H21Cl3FNO3. The third kappa shape index (κ3) is 5.61. The number of hydrogen-bond acceptors (Lipinski definition) is 3. The average Bonchev–Trinajstić information content (AvgIpc) is 2.79. The molecule has 0 aliphatic carbocycles. The van der Waals surface area contributed by atoms with E-state index in [-0.39, 0.29) is 17.2 Å². The van der Waals surface area contributed by atoms with Crippen molar-refractivity contribution in [1.82, 2.24) is 4.90 Å². The maximum Gasteiger partial charge on any atom is 0.253 e. The molecule has 0 saturated carbocycles. The van der Waals surface area contributed by atoms with Gasteiger partial charge in [-0.1, -0.05) is 53.0 Å². The van der Waals surface area contributed by atoms with Crippen LogP contribution >= 0.6 is 34.8 Å². The zero-order chi connectivity index (χ0) is 23.5. The third-order valence-corrected chi connectivity index (χ3v) is 6.41. The minimum atomic E-state index is -0.730. The molecule has 1 fully saturated rings. The van der Waals surface area contributed by atoms with Crippen molar-refractivity contribution in [3.05, 3.63) is 98.2 Å². The largest absolute Gasteiger partial charge is 0.478 e.